The first-order valence-corrected chi connectivity index (χ1v) is 9.21. The molecule has 134 valence electrons. The van der Waals surface area contributed by atoms with Gasteiger partial charge in [0.15, 0.2) is 0 Å². The topological polar surface area (TPSA) is 62.1 Å². The zero-order valence-corrected chi connectivity index (χ0v) is 16.4. The van der Waals surface area contributed by atoms with E-state index >= 15 is 0 Å². The summed E-state index contributed by atoms with van der Waals surface area (Å²) in [5, 5.41) is 12.2. The number of para-hydroxylation sites is 1. The number of amides is 1. The Morgan fingerprint density at radius 2 is 1.96 bits per heavy atom. The number of benzene rings is 2. The van der Waals surface area contributed by atoms with Gasteiger partial charge in [0.1, 0.15) is 24.0 Å². The van der Waals surface area contributed by atoms with Crippen LogP contribution in [0.2, 0.25) is 0 Å². The Balaban J connectivity index is 2.17. The molecule has 0 radical (unpaired) electrons. The molecule has 0 spiro atoms. The molecule has 0 unspecified atom stereocenters. The smallest absolute Gasteiger partial charge is 0.262 e. The molecule has 2 rings (SSSR count). The Kier molecular flexibility index (Phi) is 7.43. The molecule has 5 heteroatoms. The van der Waals surface area contributed by atoms with Crippen molar-refractivity contribution in [3.63, 3.8) is 0 Å². The van der Waals surface area contributed by atoms with Gasteiger partial charge in [0, 0.05) is 16.1 Å². The molecule has 1 amide bonds. The number of carbonyl (C=O) groups excluding carboxylic acids is 1. The average molecular weight is 413 g/mol. The highest BCUT2D eigenvalue weighted by molar-refractivity contribution is 9.10. The lowest BCUT2D eigenvalue weighted by molar-refractivity contribution is -0.117. The van der Waals surface area contributed by atoms with Crippen molar-refractivity contribution in [1.29, 1.82) is 5.26 Å². The predicted octanol–water partition coefficient (Wildman–Crippen LogP) is 4.85. The van der Waals surface area contributed by atoms with Gasteiger partial charge in [-0.3, -0.25) is 4.79 Å². The largest absolute Gasteiger partial charge is 0.488 e. The summed E-state index contributed by atoms with van der Waals surface area (Å²) in [7, 11) is 0. The van der Waals surface area contributed by atoms with E-state index < -0.39 is 0 Å². The molecule has 0 bridgehead atoms. The second-order valence-electron chi connectivity index (χ2n) is 5.91. The van der Waals surface area contributed by atoms with Crippen molar-refractivity contribution in [3.8, 4) is 11.8 Å². The fourth-order valence-corrected chi connectivity index (χ4v) is 2.44. The zero-order chi connectivity index (χ0) is 18.9. The summed E-state index contributed by atoms with van der Waals surface area (Å²) in [5.74, 6) is 0.254. The lowest BCUT2D eigenvalue weighted by atomic mass is 10.1. The number of halogens is 1. The molecule has 0 aliphatic rings. The predicted molar refractivity (Wildman–Crippen MR) is 106 cm³/mol. The molecule has 2 aromatic rings. The lowest BCUT2D eigenvalue weighted by Crippen LogP contribution is -2.32. The third-order valence-electron chi connectivity index (χ3n) is 3.88. The van der Waals surface area contributed by atoms with E-state index in [-0.39, 0.29) is 17.5 Å². The first kappa shape index (κ1) is 19.7. The van der Waals surface area contributed by atoms with Gasteiger partial charge in [-0.25, -0.2) is 0 Å². The Morgan fingerprint density at radius 1 is 1.27 bits per heavy atom. The van der Waals surface area contributed by atoms with Crippen molar-refractivity contribution >= 4 is 27.9 Å². The van der Waals surface area contributed by atoms with Crippen LogP contribution in [0.15, 0.2) is 58.6 Å². The standard InChI is InChI=1S/C21H21BrN2O2/c1-3-15(2)24-21(25)18(13-23)12-17-6-4-5-7-20(17)26-14-16-8-10-19(22)11-9-16/h4-12,15H,3,14H2,1-2H3,(H,24,25)/b18-12+/t15-/m0/s1. The van der Waals surface area contributed by atoms with Gasteiger partial charge in [-0.15, -0.1) is 0 Å². The van der Waals surface area contributed by atoms with Crippen LogP contribution >= 0.6 is 15.9 Å². The summed E-state index contributed by atoms with van der Waals surface area (Å²) in [6.07, 6.45) is 2.37. The SMILES string of the molecule is CC[C@H](C)NC(=O)/C(C#N)=C/c1ccccc1OCc1ccc(Br)cc1. The van der Waals surface area contributed by atoms with Crippen LogP contribution in [0.4, 0.5) is 0 Å². The van der Waals surface area contributed by atoms with Crippen LogP contribution in [-0.2, 0) is 11.4 Å². The fraction of sp³-hybridized carbons (Fsp3) is 0.238. The van der Waals surface area contributed by atoms with Crippen LogP contribution < -0.4 is 10.1 Å². The van der Waals surface area contributed by atoms with Crippen molar-refractivity contribution in [3.05, 3.63) is 69.7 Å². The second-order valence-corrected chi connectivity index (χ2v) is 6.82. The third kappa shape index (κ3) is 5.75. The van der Waals surface area contributed by atoms with E-state index in [9.17, 15) is 10.1 Å². The quantitative estimate of drug-likeness (QED) is 0.522. The van der Waals surface area contributed by atoms with Crippen molar-refractivity contribution in [1.82, 2.24) is 5.32 Å². The lowest BCUT2D eigenvalue weighted by Gasteiger charge is -2.12. The highest BCUT2D eigenvalue weighted by Crippen LogP contribution is 2.22. The molecular formula is C21H21BrN2O2. The minimum atomic E-state index is -0.371. The molecule has 4 nitrogen and oxygen atoms in total. The van der Waals surface area contributed by atoms with Crippen LogP contribution in [0.1, 0.15) is 31.4 Å². The minimum absolute atomic E-state index is 0.0168. The first-order chi connectivity index (χ1) is 12.5. The molecule has 0 fully saturated rings. The number of nitrogens with zero attached hydrogens (tertiary/aromatic N) is 1. The summed E-state index contributed by atoms with van der Waals surface area (Å²) in [4.78, 5) is 12.2. The minimum Gasteiger partial charge on any atom is -0.488 e. The maximum atomic E-state index is 12.2. The normalized spacial score (nSPS) is 12.2. The molecule has 26 heavy (non-hydrogen) atoms. The van der Waals surface area contributed by atoms with Crippen molar-refractivity contribution in [2.24, 2.45) is 0 Å². The number of hydrogen-bond acceptors (Lipinski definition) is 3. The van der Waals surface area contributed by atoms with Gasteiger partial charge in [-0.05, 0) is 43.2 Å². The van der Waals surface area contributed by atoms with Gasteiger partial charge >= 0.3 is 0 Å². The van der Waals surface area contributed by atoms with Crippen molar-refractivity contribution in [2.45, 2.75) is 32.9 Å². The summed E-state index contributed by atoms with van der Waals surface area (Å²) in [6, 6.07) is 17.2. The number of hydrogen-bond donors (Lipinski definition) is 1. The first-order valence-electron chi connectivity index (χ1n) is 8.42. The number of carbonyl (C=O) groups is 1. The molecule has 0 aliphatic carbocycles. The van der Waals surface area contributed by atoms with E-state index in [0.29, 0.717) is 17.9 Å². The van der Waals surface area contributed by atoms with Gasteiger partial charge in [-0.2, -0.15) is 5.26 Å². The monoisotopic (exact) mass is 412 g/mol. The van der Waals surface area contributed by atoms with Gasteiger partial charge in [-0.1, -0.05) is 53.2 Å². The van der Waals surface area contributed by atoms with E-state index in [1.807, 2.05) is 68.4 Å². The van der Waals surface area contributed by atoms with Gasteiger partial charge in [0.25, 0.3) is 5.91 Å². The van der Waals surface area contributed by atoms with Crippen LogP contribution in [0.25, 0.3) is 6.08 Å². The summed E-state index contributed by atoms with van der Waals surface area (Å²) >= 11 is 3.41. The van der Waals surface area contributed by atoms with Crippen molar-refractivity contribution in [2.75, 3.05) is 0 Å². The number of nitrogens with one attached hydrogen (secondary N) is 1. The van der Waals surface area contributed by atoms with Crippen LogP contribution in [0, 0.1) is 11.3 Å². The Bertz CT molecular complexity index is 823. The maximum Gasteiger partial charge on any atom is 0.262 e. The maximum absolute atomic E-state index is 12.2. The number of ether oxygens (including phenoxy) is 1. The van der Waals surface area contributed by atoms with Crippen LogP contribution in [0.3, 0.4) is 0 Å². The van der Waals surface area contributed by atoms with Crippen LogP contribution in [-0.4, -0.2) is 11.9 Å². The highest BCUT2D eigenvalue weighted by Gasteiger charge is 2.12. The van der Waals surface area contributed by atoms with Crippen molar-refractivity contribution < 1.29 is 9.53 Å². The van der Waals surface area contributed by atoms with Gasteiger partial charge in [0.2, 0.25) is 0 Å². The molecule has 0 heterocycles. The molecule has 0 saturated heterocycles. The fourth-order valence-electron chi connectivity index (χ4n) is 2.18. The molecule has 1 atom stereocenters. The molecule has 0 aromatic heterocycles. The molecule has 1 N–H and O–H groups in total. The second kappa shape index (κ2) is 9.79. The molecule has 2 aromatic carbocycles. The van der Waals surface area contributed by atoms with E-state index in [0.717, 1.165) is 16.5 Å². The van der Waals surface area contributed by atoms with E-state index in [1.54, 1.807) is 6.08 Å². The Morgan fingerprint density at radius 3 is 2.62 bits per heavy atom. The average Bonchev–Trinajstić information content (AvgIpc) is 2.66. The van der Waals surface area contributed by atoms with E-state index in [1.165, 1.54) is 0 Å². The molecular weight excluding hydrogens is 392 g/mol. The third-order valence-corrected chi connectivity index (χ3v) is 4.41. The number of nitriles is 1. The summed E-state index contributed by atoms with van der Waals surface area (Å²) < 4.78 is 6.90. The summed E-state index contributed by atoms with van der Waals surface area (Å²) in [5.41, 5.74) is 1.78. The zero-order valence-electron chi connectivity index (χ0n) is 14.8. The van der Waals surface area contributed by atoms with Gasteiger partial charge < -0.3 is 10.1 Å². The summed E-state index contributed by atoms with van der Waals surface area (Å²) in [6.45, 7) is 4.28. The molecule has 0 aliphatic heterocycles. The van der Waals surface area contributed by atoms with Gasteiger partial charge in [0.05, 0.1) is 0 Å². The van der Waals surface area contributed by atoms with E-state index in [2.05, 4.69) is 21.2 Å². The highest BCUT2D eigenvalue weighted by atomic mass is 79.9. The number of rotatable bonds is 7. The molecule has 0 saturated carbocycles. The van der Waals surface area contributed by atoms with Crippen LogP contribution in [0.5, 0.6) is 5.75 Å². The Labute approximate surface area is 162 Å². The Hall–Kier alpha value is -2.58. The van der Waals surface area contributed by atoms with E-state index in [4.69, 9.17) is 4.74 Å².